The van der Waals surface area contributed by atoms with Crippen LogP contribution in [0.5, 0.6) is 0 Å². The zero-order valence-corrected chi connectivity index (χ0v) is 25.8. The van der Waals surface area contributed by atoms with Gasteiger partial charge < -0.3 is 9.47 Å². The Morgan fingerprint density at radius 1 is 0.927 bits per heavy atom. The monoisotopic (exact) mass is 598 g/mol. The van der Waals surface area contributed by atoms with Crippen LogP contribution in [0.4, 0.5) is 4.79 Å². The van der Waals surface area contributed by atoms with Gasteiger partial charge in [-0.05, 0) is 97.1 Å². The number of nitrogens with zero attached hydrogens (tertiary/aromatic N) is 2. The van der Waals surface area contributed by atoms with E-state index < -0.39 is 34.8 Å². The van der Waals surface area contributed by atoms with Crippen LogP contribution in [0.15, 0.2) is 30.5 Å². The second-order valence-corrected chi connectivity index (χ2v) is 12.3. The summed E-state index contributed by atoms with van der Waals surface area (Å²) in [5, 5.41) is 0.812. The van der Waals surface area contributed by atoms with Crippen LogP contribution in [0.3, 0.4) is 0 Å². The summed E-state index contributed by atoms with van der Waals surface area (Å²) >= 11 is 0. The van der Waals surface area contributed by atoms with E-state index in [0.717, 1.165) is 16.9 Å². The average molecular weight is 599 g/mol. The number of amides is 1. The van der Waals surface area contributed by atoms with Crippen molar-refractivity contribution in [3.63, 3.8) is 0 Å². The number of fused-ring (bicyclic) bond motifs is 1. The molecule has 1 aliphatic heterocycles. The summed E-state index contributed by atoms with van der Waals surface area (Å²) in [5.41, 5.74) is -1.24. The van der Waals surface area contributed by atoms with Gasteiger partial charge in [-0.1, -0.05) is 39.0 Å². The van der Waals surface area contributed by atoms with Gasteiger partial charge >= 0.3 is 29.1 Å². The van der Waals surface area contributed by atoms with Crippen LogP contribution in [0, 0.1) is 69.1 Å². The van der Waals surface area contributed by atoms with Crippen LogP contribution in [-0.4, -0.2) is 44.8 Å². The van der Waals surface area contributed by atoms with Gasteiger partial charge in [0.1, 0.15) is 11.1 Å². The summed E-state index contributed by atoms with van der Waals surface area (Å²) in [7, 11) is 0. The maximum Gasteiger partial charge on any atom is 2.00 e. The number of ether oxygens (including phenoxy) is 2. The van der Waals surface area contributed by atoms with Gasteiger partial charge in [0, 0.05) is 29.3 Å². The molecule has 0 N–H and O–H groups in total. The Morgan fingerprint density at radius 2 is 1.49 bits per heavy atom. The molecule has 1 saturated heterocycles. The molecule has 2 atom stereocenters. The fourth-order valence-corrected chi connectivity index (χ4v) is 4.80. The van der Waals surface area contributed by atoms with Gasteiger partial charge in [-0.25, -0.2) is 9.59 Å². The molecule has 8 heteroatoms. The minimum atomic E-state index is -1.27. The predicted octanol–water partition coefficient (Wildman–Crippen LogP) is 5.91. The van der Waals surface area contributed by atoms with Gasteiger partial charge in [-0.3, -0.25) is 14.3 Å². The van der Waals surface area contributed by atoms with Crippen molar-refractivity contribution in [3.8, 4) is 0 Å². The SMILES string of the molecule is CC(C)(C)OC(=O)n1cc(C[C@]2(C)C(=O)O[C@@H]([C]3[CH][CH][CH][CH]3)N2C(=O)C(C)(C)C)c2ccccc21.[CH]1[CH][CH][CH][CH]1.[Fe+2]. The number of cyclic esters (lactones) is 1. The average Bonchev–Trinajstić information content (AvgIpc) is 3.67. The first-order chi connectivity index (χ1) is 18.7. The summed E-state index contributed by atoms with van der Waals surface area (Å²) in [6.45, 7) is 12.7. The van der Waals surface area contributed by atoms with Gasteiger partial charge in [-0.15, -0.1) is 0 Å². The summed E-state index contributed by atoms with van der Waals surface area (Å²) in [6.07, 6.45) is 18.0. The van der Waals surface area contributed by atoms with Gasteiger partial charge in [0.15, 0.2) is 6.23 Å². The van der Waals surface area contributed by atoms with Crippen LogP contribution in [-0.2, 0) is 42.6 Å². The van der Waals surface area contributed by atoms with E-state index in [1.54, 1.807) is 18.0 Å². The molecule has 41 heavy (non-hydrogen) atoms. The van der Waals surface area contributed by atoms with Crippen LogP contribution in [0.2, 0.25) is 0 Å². The van der Waals surface area contributed by atoms with Crippen molar-refractivity contribution in [2.24, 2.45) is 5.41 Å². The predicted molar refractivity (Wildman–Crippen MR) is 154 cm³/mol. The van der Waals surface area contributed by atoms with E-state index in [1.807, 2.05) is 124 Å². The maximum absolute atomic E-state index is 13.7. The van der Waals surface area contributed by atoms with Crippen molar-refractivity contribution in [2.75, 3.05) is 0 Å². The molecule has 2 aliphatic carbocycles. The van der Waals surface area contributed by atoms with E-state index in [1.165, 1.54) is 4.57 Å². The number of aromatic nitrogens is 1. The molecule has 216 valence electrons. The normalized spacial score (nSPS) is 23.1. The Bertz CT molecular complexity index is 1220. The fraction of sp³-hybridized carbons (Fsp3) is 0.364. The molecule has 7 nitrogen and oxygen atoms in total. The van der Waals surface area contributed by atoms with Crippen LogP contribution >= 0.6 is 0 Å². The van der Waals surface area contributed by atoms with E-state index in [4.69, 9.17) is 9.47 Å². The molecular weight excluding hydrogens is 560 g/mol. The van der Waals surface area contributed by atoms with Crippen molar-refractivity contribution < 1.29 is 40.9 Å². The van der Waals surface area contributed by atoms with Crippen LogP contribution in [0.1, 0.15) is 54.0 Å². The fourth-order valence-electron chi connectivity index (χ4n) is 4.80. The number of hydrogen-bond donors (Lipinski definition) is 0. The molecule has 1 aromatic heterocycles. The molecule has 1 amide bonds. The molecule has 2 heterocycles. The minimum absolute atomic E-state index is 0. The first kappa shape index (κ1) is 33.2. The molecule has 10 radical (unpaired) electrons. The van der Waals surface area contributed by atoms with Gasteiger partial charge in [0.2, 0.25) is 5.91 Å². The first-order valence-electron chi connectivity index (χ1n) is 13.5. The number of rotatable bonds is 3. The molecule has 3 fully saturated rings. The molecule has 3 aliphatic rings. The van der Waals surface area contributed by atoms with Crippen molar-refractivity contribution in [1.82, 2.24) is 9.47 Å². The Balaban J connectivity index is 0.000000696. The van der Waals surface area contributed by atoms with Crippen molar-refractivity contribution >= 4 is 28.9 Å². The molecule has 0 spiro atoms. The first-order valence-corrected chi connectivity index (χ1v) is 13.5. The Labute approximate surface area is 256 Å². The largest absolute Gasteiger partial charge is 2.00 e. The Morgan fingerprint density at radius 3 is 2.02 bits per heavy atom. The minimum Gasteiger partial charge on any atom is -0.443 e. The Hall–Kier alpha value is -2.31. The second kappa shape index (κ2) is 12.9. The third-order valence-electron chi connectivity index (χ3n) is 6.73. The number of esters is 1. The molecule has 2 aromatic rings. The molecule has 0 bridgehead atoms. The molecule has 0 unspecified atom stereocenters. The van der Waals surface area contributed by atoms with Crippen molar-refractivity contribution in [3.05, 3.63) is 99.7 Å². The third-order valence-corrected chi connectivity index (χ3v) is 6.73. The van der Waals surface area contributed by atoms with Crippen molar-refractivity contribution in [2.45, 2.75) is 72.3 Å². The summed E-state index contributed by atoms with van der Waals surface area (Å²) in [4.78, 5) is 41.6. The van der Waals surface area contributed by atoms with E-state index >= 15 is 0 Å². The van der Waals surface area contributed by atoms with E-state index in [9.17, 15) is 14.4 Å². The Kier molecular flexibility index (Phi) is 10.5. The zero-order chi connectivity index (χ0) is 29.3. The quantitative estimate of drug-likeness (QED) is 0.325. The van der Waals surface area contributed by atoms with Crippen LogP contribution in [0.25, 0.3) is 10.9 Å². The van der Waals surface area contributed by atoms with Crippen molar-refractivity contribution in [1.29, 1.82) is 0 Å². The maximum atomic E-state index is 13.7. The number of hydrogen-bond acceptors (Lipinski definition) is 5. The summed E-state index contributed by atoms with van der Waals surface area (Å²) in [5.74, 6) is 0.0826. The molecule has 1 aromatic carbocycles. The number of carbonyl (C=O) groups excluding carboxylic acids is 3. The van der Waals surface area contributed by atoms with Crippen LogP contribution < -0.4 is 0 Å². The zero-order valence-electron chi connectivity index (χ0n) is 24.7. The third kappa shape index (κ3) is 7.37. The smallest absolute Gasteiger partial charge is 0.443 e. The van der Waals surface area contributed by atoms with Gasteiger partial charge in [-0.2, -0.15) is 0 Å². The number of para-hydroxylation sites is 1. The molecule has 2 saturated carbocycles. The second-order valence-electron chi connectivity index (χ2n) is 12.3. The summed E-state index contributed by atoms with van der Waals surface area (Å²) < 4.78 is 12.9. The summed E-state index contributed by atoms with van der Waals surface area (Å²) in [6, 6.07) is 7.47. The van der Waals surface area contributed by atoms with Gasteiger partial charge in [0.05, 0.1) is 5.52 Å². The molecular formula is C33H38FeN2O5+2. The topological polar surface area (TPSA) is 77.8 Å². The van der Waals surface area contributed by atoms with E-state index in [0.29, 0.717) is 5.52 Å². The number of carbonyl (C=O) groups is 3. The van der Waals surface area contributed by atoms with E-state index in [-0.39, 0.29) is 29.4 Å². The number of benzene rings is 1. The standard InChI is InChI=1S/C28H33N2O5.C5H5.Fe/c1-26(2,3)23(31)30-22(18-12-8-9-13-18)34-24(32)28(30,7)16-19-17-29(25(33)35-27(4,5)6)21-15-11-10-14-20(19)21;1-2-4-5-3-1;/h8-15,17,22H,16H2,1-7H3;1-5H;/q;;+2/t22-,28+;;/m0../s1. The van der Waals surface area contributed by atoms with Gasteiger partial charge in [0.25, 0.3) is 0 Å². The van der Waals surface area contributed by atoms with E-state index in [2.05, 4.69) is 0 Å². The molecule has 5 rings (SSSR count).